The summed E-state index contributed by atoms with van der Waals surface area (Å²) in [5.41, 5.74) is 4.02. The van der Waals surface area contributed by atoms with Crippen LogP contribution in [-0.4, -0.2) is 73.3 Å². The van der Waals surface area contributed by atoms with Gasteiger partial charge in [-0.15, -0.1) is 12.4 Å². The lowest BCUT2D eigenvalue weighted by atomic mass is 9.77. The molecule has 41 heavy (non-hydrogen) atoms. The van der Waals surface area contributed by atoms with E-state index in [9.17, 15) is 14.7 Å². The number of hydrogen-bond donors (Lipinski definition) is 2. The summed E-state index contributed by atoms with van der Waals surface area (Å²) in [6.07, 6.45) is 7.91. The predicted octanol–water partition coefficient (Wildman–Crippen LogP) is 4.77. The molecule has 0 unspecified atom stereocenters. The number of unbranched alkanes of at least 4 members (excludes halogenated alkanes) is 1. The monoisotopic (exact) mass is 585 g/mol. The summed E-state index contributed by atoms with van der Waals surface area (Å²) in [5, 5.41) is 19.1. The van der Waals surface area contributed by atoms with Crippen LogP contribution < -0.4 is 5.32 Å². The van der Waals surface area contributed by atoms with Crippen LogP contribution in [-0.2, 0) is 16.1 Å². The topological polar surface area (TPSA) is 90.7 Å². The van der Waals surface area contributed by atoms with Crippen LogP contribution in [0, 0.1) is 20.8 Å². The second-order valence-electron chi connectivity index (χ2n) is 12.6. The Balaban J connectivity index is 0.00000387. The molecule has 0 radical (unpaired) electrons. The van der Waals surface area contributed by atoms with Crippen LogP contribution in [0.1, 0.15) is 93.6 Å². The van der Waals surface area contributed by atoms with Crippen LogP contribution in [0.4, 0.5) is 0 Å². The highest BCUT2D eigenvalue weighted by Gasteiger charge is 2.54. The second-order valence-corrected chi connectivity index (χ2v) is 12.6. The summed E-state index contributed by atoms with van der Waals surface area (Å²) < 4.78 is 2.02. The van der Waals surface area contributed by atoms with Gasteiger partial charge < -0.3 is 15.3 Å². The Kier molecular flexibility index (Phi) is 9.87. The van der Waals surface area contributed by atoms with Crippen LogP contribution in [0.2, 0.25) is 0 Å². The predicted molar refractivity (Wildman–Crippen MR) is 163 cm³/mol. The summed E-state index contributed by atoms with van der Waals surface area (Å²) in [4.78, 5) is 31.9. The number of aliphatic hydroxyl groups is 1. The SMILES string of the molecule is CCCCN1C(=O)[C@@H](CC2(O)CCCCC2)NC(=O)C12CCN(Cc1c(C)nn(-c3ccc(C)cc3)c1C)CC2.Cl. The van der Waals surface area contributed by atoms with Gasteiger partial charge in [-0.25, -0.2) is 4.68 Å². The van der Waals surface area contributed by atoms with Crippen LogP contribution in [0.15, 0.2) is 24.3 Å². The van der Waals surface area contributed by atoms with Crippen LogP contribution in [0.3, 0.4) is 0 Å². The summed E-state index contributed by atoms with van der Waals surface area (Å²) in [6, 6.07) is 7.79. The number of carbonyl (C=O) groups excluding carboxylic acids is 2. The van der Waals surface area contributed by atoms with E-state index in [1.807, 2.05) is 9.58 Å². The van der Waals surface area contributed by atoms with E-state index >= 15 is 0 Å². The van der Waals surface area contributed by atoms with Gasteiger partial charge in [0.2, 0.25) is 11.8 Å². The molecule has 8 nitrogen and oxygen atoms in total. The van der Waals surface area contributed by atoms with Crippen molar-refractivity contribution < 1.29 is 14.7 Å². The fraction of sp³-hybridized carbons (Fsp3) is 0.656. The standard InChI is InChI=1S/C32H47N5O3.ClH/c1-5-6-18-36-29(38)28(21-31(40)14-8-7-9-15-31)33-30(39)32(36)16-19-35(20-17-32)22-27-24(3)34-37(25(27)4)26-12-10-23(2)11-13-26;/h10-13,28,40H,5-9,14-22H2,1-4H3,(H,33,39);1H/t28-;/m1./s1. The molecular weight excluding hydrogens is 538 g/mol. The molecule has 2 aliphatic heterocycles. The molecule has 1 spiro atoms. The van der Waals surface area contributed by atoms with Crippen molar-refractivity contribution in [2.75, 3.05) is 19.6 Å². The number of benzene rings is 1. The maximum absolute atomic E-state index is 13.9. The highest BCUT2D eigenvalue weighted by atomic mass is 35.5. The first-order valence-electron chi connectivity index (χ1n) is 15.4. The fourth-order valence-corrected chi connectivity index (χ4v) is 7.09. The zero-order chi connectivity index (χ0) is 28.5. The number of aryl methyl sites for hydroxylation is 2. The number of amides is 2. The number of halogens is 1. The van der Waals surface area contributed by atoms with Gasteiger partial charge in [0, 0.05) is 43.9 Å². The van der Waals surface area contributed by atoms with Gasteiger partial charge in [-0.3, -0.25) is 14.5 Å². The lowest BCUT2D eigenvalue weighted by Crippen LogP contribution is -2.73. The Morgan fingerprint density at radius 3 is 2.29 bits per heavy atom. The maximum Gasteiger partial charge on any atom is 0.246 e. The Morgan fingerprint density at radius 2 is 1.66 bits per heavy atom. The third kappa shape index (κ3) is 6.35. The summed E-state index contributed by atoms with van der Waals surface area (Å²) in [5.74, 6) is -0.0432. The smallest absolute Gasteiger partial charge is 0.246 e. The second kappa shape index (κ2) is 12.8. The average molecular weight is 586 g/mol. The molecule has 2 N–H and O–H groups in total. The van der Waals surface area contributed by atoms with Gasteiger partial charge in [0.1, 0.15) is 11.6 Å². The average Bonchev–Trinajstić information content (AvgIpc) is 3.22. The number of piperidine rings is 1. The maximum atomic E-state index is 13.9. The number of aromatic nitrogens is 2. The molecule has 5 rings (SSSR count). The Bertz CT molecular complexity index is 1210. The summed E-state index contributed by atoms with van der Waals surface area (Å²) in [6.45, 7) is 11.3. The third-order valence-electron chi connectivity index (χ3n) is 9.70. The van der Waals surface area contributed by atoms with E-state index in [0.717, 1.165) is 68.8 Å². The van der Waals surface area contributed by atoms with Gasteiger partial charge in [-0.2, -0.15) is 5.10 Å². The normalized spacial score (nSPS) is 22.5. The first-order valence-corrected chi connectivity index (χ1v) is 15.4. The fourth-order valence-electron chi connectivity index (χ4n) is 7.09. The lowest BCUT2D eigenvalue weighted by molar-refractivity contribution is -0.163. The molecule has 2 saturated heterocycles. The first kappa shape index (κ1) is 31.5. The minimum absolute atomic E-state index is 0. The van der Waals surface area contributed by atoms with Gasteiger partial charge in [-0.1, -0.05) is 50.3 Å². The van der Waals surface area contributed by atoms with Crippen molar-refractivity contribution in [3.63, 3.8) is 0 Å². The molecule has 2 amide bonds. The van der Waals surface area contributed by atoms with E-state index in [4.69, 9.17) is 5.10 Å². The Hall–Kier alpha value is -2.42. The zero-order valence-electron chi connectivity index (χ0n) is 25.2. The number of nitrogens with zero attached hydrogens (tertiary/aromatic N) is 4. The van der Waals surface area contributed by atoms with Crippen molar-refractivity contribution >= 4 is 24.2 Å². The van der Waals surface area contributed by atoms with E-state index in [1.165, 1.54) is 11.1 Å². The Morgan fingerprint density at radius 1 is 1.00 bits per heavy atom. The van der Waals surface area contributed by atoms with Crippen LogP contribution in [0.25, 0.3) is 5.69 Å². The number of piperazine rings is 1. The van der Waals surface area contributed by atoms with Crippen LogP contribution in [0.5, 0.6) is 0 Å². The van der Waals surface area contributed by atoms with Gasteiger partial charge in [0.25, 0.3) is 0 Å². The molecule has 1 aromatic heterocycles. The number of likely N-dealkylation sites (tertiary alicyclic amines) is 1. The van der Waals surface area contributed by atoms with E-state index in [1.54, 1.807) is 0 Å². The lowest BCUT2D eigenvalue weighted by Gasteiger charge is -2.52. The number of hydrogen-bond acceptors (Lipinski definition) is 5. The molecule has 0 bridgehead atoms. The van der Waals surface area contributed by atoms with Crippen molar-refractivity contribution in [1.29, 1.82) is 0 Å². The van der Waals surface area contributed by atoms with E-state index in [2.05, 4.69) is 62.2 Å². The number of carbonyl (C=O) groups is 2. The van der Waals surface area contributed by atoms with Crippen molar-refractivity contribution in [1.82, 2.24) is 24.9 Å². The molecule has 2 aromatic rings. The minimum Gasteiger partial charge on any atom is -0.390 e. The molecule has 3 fully saturated rings. The van der Waals surface area contributed by atoms with Crippen LogP contribution >= 0.6 is 12.4 Å². The van der Waals surface area contributed by atoms with Crippen molar-refractivity contribution in [2.24, 2.45) is 0 Å². The summed E-state index contributed by atoms with van der Waals surface area (Å²) >= 11 is 0. The highest BCUT2D eigenvalue weighted by molar-refractivity contribution is 6.00. The van der Waals surface area contributed by atoms with Gasteiger partial charge in [0.15, 0.2) is 0 Å². The summed E-state index contributed by atoms with van der Waals surface area (Å²) in [7, 11) is 0. The Labute approximate surface area is 251 Å². The molecular formula is C32H48ClN5O3. The van der Waals surface area contributed by atoms with Gasteiger partial charge in [0.05, 0.1) is 17.0 Å². The molecule has 3 heterocycles. The third-order valence-corrected chi connectivity index (χ3v) is 9.70. The largest absolute Gasteiger partial charge is 0.390 e. The molecule has 3 aliphatic rings. The molecule has 1 atom stereocenters. The molecule has 1 aromatic carbocycles. The van der Waals surface area contributed by atoms with Gasteiger partial charge in [-0.05, 0) is 65.0 Å². The molecule has 1 saturated carbocycles. The molecule has 226 valence electrons. The minimum atomic E-state index is -0.852. The molecule has 1 aliphatic carbocycles. The number of nitrogens with one attached hydrogen (secondary N) is 1. The first-order chi connectivity index (χ1) is 19.2. The molecule has 9 heteroatoms. The van der Waals surface area contributed by atoms with Gasteiger partial charge >= 0.3 is 0 Å². The van der Waals surface area contributed by atoms with E-state index in [-0.39, 0.29) is 24.2 Å². The van der Waals surface area contributed by atoms with Crippen molar-refractivity contribution in [3.05, 3.63) is 46.8 Å². The van der Waals surface area contributed by atoms with E-state index < -0.39 is 17.2 Å². The number of rotatable bonds is 8. The van der Waals surface area contributed by atoms with E-state index in [0.29, 0.717) is 38.6 Å². The van der Waals surface area contributed by atoms with Crippen molar-refractivity contribution in [2.45, 2.75) is 116 Å². The van der Waals surface area contributed by atoms with Crippen molar-refractivity contribution in [3.8, 4) is 5.69 Å². The quantitative estimate of drug-likeness (QED) is 0.466. The highest BCUT2D eigenvalue weighted by Crippen LogP contribution is 2.38. The zero-order valence-corrected chi connectivity index (χ0v) is 26.1.